The van der Waals surface area contributed by atoms with Gasteiger partial charge >= 0.3 is 5.97 Å². The largest absolute Gasteiger partial charge is 0.460 e. The van der Waals surface area contributed by atoms with Crippen LogP contribution in [-0.4, -0.2) is 16.3 Å². The zero-order valence-electron chi connectivity index (χ0n) is 12.6. The Labute approximate surface area is 135 Å². The minimum atomic E-state index is -0.207. The molecule has 0 spiro atoms. The molecular weight excluding hydrogens is 296 g/mol. The van der Waals surface area contributed by atoms with Crippen molar-refractivity contribution in [1.82, 2.24) is 0 Å². The summed E-state index contributed by atoms with van der Waals surface area (Å²) in [5.74, 6) is 0.550. The fourth-order valence-corrected chi connectivity index (χ4v) is 2.72. The van der Waals surface area contributed by atoms with Gasteiger partial charge in [0.15, 0.2) is 0 Å². The number of ether oxygens (including phenoxy) is 1. The zero-order chi connectivity index (χ0) is 15.8. The summed E-state index contributed by atoms with van der Waals surface area (Å²) in [4.78, 5) is 12.0. The molecule has 0 aliphatic carbocycles. The number of aliphatic hydroxyl groups excluding tert-OH is 1. The Morgan fingerprint density at radius 2 is 1.68 bits per heavy atom. The molecule has 0 radical (unpaired) electrons. The summed E-state index contributed by atoms with van der Waals surface area (Å²) in [5, 5.41) is 8.80. The van der Waals surface area contributed by atoms with E-state index in [-0.39, 0.29) is 17.8 Å². The number of carbonyl (C=O) groups is 1. The van der Waals surface area contributed by atoms with E-state index in [1.165, 1.54) is 0 Å². The molecule has 0 fully saturated rings. The molecule has 3 nitrogen and oxygen atoms in total. The van der Waals surface area contributed by atoms with Gasteiger partial charge in [0.05, 0.1) is 11.9 Å². The number of esters is 1. The highest BCUT2D eigenvalue weighted by Crippen LogP contribution is 2.19. The first-order chi connectivity index (χ1) is 10.7. The molecule has 0 aliphatic heterocycles. The Morgan fingerprint density at radius 3 is 2.32 bits per heavy atom. The van der Waals surface area contributed by atoms with Gasteiger partial charge in [0.25, 0.3) is 0 Å². The van der Waals surface area contributed by atoms with Crippen molar-refractivity contribution in [3.8, 4) is 0 Å². The van der Waals surface area contributed by atoms with Crippen molar-refractivity contribution in [3.63, 3.8) is 0 Å². The van der Waals surface area contributed by atoms with E-state index in [2.05, 4.69) is 0 Å². The van der Waals surface area contributed by atoms with Gasteiger partial charge in [-0.25, -0.2) is 0 Å². The molecule has 1 atom stereocenters. The lowest BCUT2D eigenvalue weighted by atomic mass is 10.2. The van der Waals surface area contributed by atoms with Crippen LogP contribution in [0, 0.1) is 0 Å². The molecule has 2 rings (SSSR count). The summed E-state index contributed by atoms with van der Waals surface area (Å²) < 4.78 is 5.32. The lowest BCUT2D eigenvalue weighted by Crippen LogP contribution is -2.17. The van der Waals surface area contributed by atoms with Gasteiger partial charge in [0.2, 0.25) is 0 Å². The summed E-state index contributed by atoms with van der Waals surface area (Å²) in [7, 11) is 0. The molecule has 0 saturated heterocycles. The van der Waals surface area contributed by atoms with Crippen molar-refractivity contribution in [3.05, 3.63) is 71.3 Å². The SMILES string of the molecule is CC(SCc1ccc(CO)cc1)C(=O)OCc1ccccc1. The highest BCUT2D eigenvalue weighted by molar-refractivity contribution is 7.99. The van der Waals surface area contributed by atoms with Crippen LogP contribution >= 0.6 is 11.8 Å². The number of rotatable bonds is 7. The Kier molecular flexibility index (Phi) is 6.49. The molecule has 116 valence electrons. The van der Waals surface area contributed by atoms with Gasteiger partial charge in [-0.05, 0) is 23.6 Å². The van der Waals surface area contributed by atoms with Gasteiger partial charge in [-0.15, -0.1) is 11.8 Å². The fraction of sp³-hybridized carbons (Fsp3) is 0.278. The minimum absolute atomic E-state index is 0.0512. The molecule has 2 aromatic carbocycles. The van der Waals surface area contributed by atoms with E-state index >= 15 is 0 Å². The molecule has 0 amide bonds. The smallest absolute Gasteiger partial charge is 0.319 e. The topological polar surface area (TPSA) is 46.5 Å². The lowest BCUT2D eigenvalue weighted by molar-refractivity contribution is -0.143. The maximum Gasteiger partial charge on any atom is 0.319 e. The third kappa shape index (κ3) is 5.20. The number of aliphatic hydroxyl groups is 1. The normalized spacial score (nSPS) is 11.9. The maximum atomic E-state index is 12.0. The first-order valence-corrected chi connectivity index (χ1v) is 8.25. The second-order valence-electron chi connectivity index (χ2n) is 5.02. The van der Waals surface area contributed by atoms with E-state index in [9.17, 15) is 4.79 Å². The highest BCUT2D eigenvalue weighted by Gasteiger charge is 2.15. The van der Waals surface area contributed by atoms with E-state index in [0.29, 0.717) is 6.61 Å². The van der Waals surface area contributed by atoms with Crippen molar-refractivity contribution in [2.75, 3.05) is 0 Å². The molecule has 1 N–H and O–H groups in total. The number of hydrogen-bond acceptors (Lipinski definition) is 4. The molecule has 0 saturated carbocycles. The van der Waals surface area contributed by atoms with E-state index in [4.69, 9.17) is 9.84 Å². The van der Waals surface area contributed by atoms with Crippen LogP contribution in [0.5, 0.6) is 0 Å². The van der Waals surface area contributed by atoms with Crippen molar-refractivity contribution >= 4 is 17.7 Å². The number of benzene rings is 2. The molecule has 0 aromatic heterocycles. The van der Waals surface area contributed by atoms with E-state index in [0.717, 1.165) is 22.4 Å². The molecule has 1 unspecified atom stereocenters. The average Bonchev–Trinajstić information content (AvgIpc) is 2.58. The van der Waals surface area contributed by atoms with Crippen LogP contribution < -0.4 is 0 Å². The molecule has 4 heteroatoms. The predicted octanol–water partition coefficient (Wildman–Crippen LogP) is 3.54. The van der Waals surface area contributed by atoms with E-state index in [1.54, 1.807) is 11.8 Å². The second kappa shape index (κ2) is 8.61. The molecule has 0 heterocycles. The fourth-order valence-electron chi connectivity index (χ4n) is 1.88. The van der Waals surface area contributed by atoms with Crippen LogP contribution in [0.2, 0.25) is 0 Å². The van der Waals surface area contributed by atoms with Crippen molar-refractivity contribution in [2.24, 2.45) is 0 Å². The van der Waals surface area contributed by atoms with Crippen molar-refractivity contribution < 1.29 is 14.6 Å². The second-order valence-corrected chi connectivity index (χ2v) is 6.35. The van der Waals surface area contributed by atoms with Crippen LogP contribution in [0.4, 0.5) is 0 Å². The Balaban J connectivity index is 1.76. The third-order valence-corrected chi connectivity index (χ3v) is 4.45. The van der Waals surface area contributed by atoms with Crippen LogP contribution in [0.15, 0.2) is 54.6 Å². The first-order valence-electron chi connectivity index (χ1n) is 7.20. The predicted molar refractivity (Wildman–Crippen MR) is 89.4 cm³/mol. The van der Waals surface area contributed by atoms with E-state index in [1.807, 2.05) is 61.5 Å². The van der Waals surface area contributed by atoms with Crippen molar-refractivity contribution in [2.45, 2.75) is 31.1 Å². The van der Waals surface area contributed by atoms with E-state index < -0.39 is 0 Å². The minimum Gasteiger partial charge on any atom is -0.460 e. The molecular formula is C18H20O3S. The van der Waals surface area contributed by atoms with Gasteiger partial charge in [0, 0.05) is 5.75 Å². The average molecular weight is 316 g/mol. The highest BCUT2D eigenvalue weighted by atomic mass is 32.2. The van der Waals surface area contributed by atoms with Gasteiger partial charge in [0.1, 0.15) is 6.61 Å². The summed E-state index contributed by atoms with van der Waals surface area (Å²) in [5.41, 5.74) is 3.02. The van der Waals surface area contributed by atoms with Gasteiger partial charge in [-0.3, -0.25) is 4.79 Å². The Morgan fingerprint density at radius 1 is 1.05 bits per heavy atom. The summed E-state index contributed by atoms with van der Waals surface area (Å²) in [6, 6.07) is 17.4. The van der Waals surface area contributed by atoms with Crippen molar-refractivity contribution in [1.29, 1.82) is 0 Å². The maximum absolute atomic E-state index is 12.0. The molecule has 0 bridgehead atoms. The summed E-state index contributed by atoms with van der Waals surface area (Å²) in [6.07, 6.45) is 0. The van der Waals surface area contributed by atoms with Gasteiger partial charge in [-0.2, -0.15) is 0 Å². The van der Waals surface area contributed by atoms with Crippen LogP contribution in [0.25, 0.3) is 0 Å². The first kappa shape index (κ1) is 16.6. The van der Waals surface area contributed by atoms with Gasteiger partial charge < -0.3 is 9.84 Å². The standard InChI is InChI=1S/C18H20O3S/c1-14(18(20)21-12-16-5-3-2-4-6-16)22-13-17-9-7-15(11-19)8-10-17/h2-10,14,19H,11-13H2,1H3. The Hall–Kier alpha value is -1.78. The number of carbonyl (C=O) groups excluding carboxylic acids is 1. The van der Waals surface area contributed by atoms with Crippen LogP contribution in [0.1, 0.15) is 23.6 Å². The molecule has 22 heavy (non-hydrogen) atoms. The van der Waals surface area contributed by atoms with Crippen LogP contribution in [0.3, 0.4) is 0 Å². The lowest BCUT2D eigenvalue weighted by Gasteiger charge is -2.11. The molecule has 0 aliphatic rings. The third-order valence-electron chi connectivity index (χ3n) is 3.26. The summed E-state index contributed by atoms with van der Waals surface area (Å²) in [6.45, 7) is 2.23. The van der Waals surface area contributed by atoms with Gasteiger partial charge in [-0.1, -0.05) is 54.6 Å². The quantitative estimate of drug-likeness (QED) is 0.794. The van der Waals surface area contributed by atoms with Crippen LogP contribution in [-0.2, 0) is 28.5 Å². The Bertz CT molecular complexity index is 581. The summed E-state index contributed by atoms with van der Waals surface area (Å²) >= 11 is 1.55. The number of thioether (sulfide) groups is 1. The monoisotopic (exact) mass is 316 g/mol. The zero-order valence-corrected chi connectivity index (χ0v) is 13.4. The number of hydrogen-bond donors (Lipinski definition) is 1. The molecule has 2 aromatic rings.